The molecule has 2 aromatic rings. The Bertz CT molecular complexity index is 712. The molecule has 1 aliphatic heterocycles. The fourth-order valence-electron chi connectivity index (χ4n) is 3.34. The number of nitrogens with one attached hydrogen (secondary N) is 1. The Kier molecular flexibility index (Phi) is 5.08. The van der Waals surface area contributed by atoms with Gasteiger partial charge in [0.2, 0.25) is 0 Å². The van der Waals surface area contributed by atoms with Crippen LogP contribution in [0, 0.1) is 0 Å². The fourth-order valence-corrected chi connectivity index (χ4v) is 3.34. The number of carbonyl (C=O) groups is 1. The Morgan fingerprint density at radius 1 is 1.32 bits per heavy atom. The van der Waals surface area contributed by atoms with Gasteiger partial charge in [-0.25, -0.2) is 4.79 Å². The van der Waals surface area contributed by atoms with Gasteiger partial charge < -0.3 is 15.0 Å². The number of ether oxygens (including phenoxy) is 1. The molecule has 6 heteroatoms. The third-order valence-electron chi connectivity index (χ3n) is 4.30. The van der Waals surface area contributed by atoms with Gasteiger partial charge in [0.15, 0.2) is 0 Å². The minimum Gasteiger partial charge on any atom is -0.369 e. The highest BCUT2D eigenvalue weighted by Crippen LogP contribution is 2.20. The molecular formula is C19H26N4O2. The van der Waals surface area contributed by atoms with Crippen molar-refractivity contribution in [3.63, 3.8) is 0 Å². The average molecular weight is 342 g/mol. The zero-order valence-corrected chi connectivity index (χ0v) is 15.1. The van der Waals surface area contributed by atoms with Crippen LogP contribution in [0.15, 0.2) is 42.7 Å². The van der Waals surface area contributed by atoms with Crippen LogP contribution in [-0.2, 0) is 17.8 Å². The first kappa shape index (κ1) is 17.5. The Balaban J connectivity index is 1.62. The third-order valence-corrected chi connectivity index (χ3v) is 4.30. The van der Waals surface area contributed by atoms with Crippen molar-refractivity contribution in [1.82, 2.24) is 20.0 Å². The van der Waals surface area contributed by atoms with Gasteiger partial charge in [-0.15, -0.1) is 0 Å². The summed E-state index contributed by atoms with van der Waals surface area (Å²) in [7, 11) is 0. The third kappa shape index (κ3) is 4.60. The first-order valence-corrected chi connectivity index (χ1v) is 8.68. The van der Waals surface area contributed by atoms with Gasteiger partial charge in [-0.2, -0.15) is 5.10 Å². The number of benzene rings is 1. The number of hydrogen-bond donors (Lipinski definition) is 1. The van der Waals surface area contributed by atoms with E-state index in [9.17, 15) is 4.79 Å². The molecule has 6 nitrogen and oxygen atoms in total. The number of amides is 2. The summed E-state index contributed by atoms with van der Waals surface area (Å²) in [5.74, 6) is 0. The minimum absolute atomic E-state index is 0.0431. The summed E-state index contributed by atoms with van der Waals surface area (Å²) in [5, 5.41) is 7.30. The highest BCUT2D eigenvalue weighted by atomic mass is 16.5. The zero-order valence-electron chi connectivity index (χ0n) is 15.1. The van der Waals surface area contributed by atoms with Crippen molar-refractivity contribution in [2.24, 2.45) is 0 Å². The number of rotatable bonds is 4. The van der Waals surface area contributed by atoms with E-state index in [1.165, 1.54) is 0 Å². The first-order valence-electron chi connectivity index (χ1n) is 8.68. The molecule has 0 aliphatic carbocycles. The molecule has 1 aromatic carbocycles. The number of aromatic nitrogens is 2. The summed E-state index contributed by atoms with van der Waals surface area (Å²) in [4.78, 5) is 14.4. The summed E-state index contributed by atoms with van der Waals surface area (Å²) in [6.07, 6.45) is 3.75. The van der Waals surface area contributed by atoms with Gasteiger partial charge in [0.25, 0.3) is 0 Å². The van der Waals surface area contributed by atoms with Crippen molar-refractivity contribution in [2.75, 3.05) is 13.1 Å². The van der Waals surface area contributed by atoms with Crippen molar-refractivity contribution in [3.05, 3.63) is 53.9 Å². The smallest absolute Gasteiger partial charge is 0.317 e. The molecule has 0 radical (unpaired) electrons. The second-order valence-corrected chi connectivity index (χ2v) is 7.20. The Morgan fingerprint density at radius 3 is 2.76 bits per heavy atom. The van der Waals surface area contributed by atoms with Crippen LogP contribution in [0.1, 0.15) is 31.9 Å². The van der Waals surface area contributed by atoms with Crippen LogP contribution in [0.3, 0.4) is 0 Å². The van der Waals surface area contributed by atoms with E-state index in [0.29, 0.717) is 26.2 Å². The number of carbonyl (C=O) groups excluding carboxylic acids is 1. The Morgan fingerprint density at radius 2 is 2.08 bits per heavy atom. The maximum absolute atomic E-state index is 12.6. The van der Waals surface area contributed by atoms with Crippen molar-refractivity contribution in [1.29, 1.82) is 0 Å². The zero-order chi connectivity index (χ0) is 17.9. The van der Waals surface area contributed by atoms with Crippen LogP contribution < -0.4 is 5.32 Å². The van der Waals surface area contributed by atoms with Crippen LogP contribution in [0.25, 0.3) is 0 Å². The largest absolute Gasteiger partial charge is 0.369 e. The molecule has 0 spiro atoms. The van der Waals surface area contributed by atoms with Crippen molar-refractivity contribution in [2.45, 2.75) is 45.6 Å². The van der Waals surface area contributed by atoms with E-state index in [4.69, 9.17) is 4.74 Å². The molecular weight excluding hydrogens is 316 g/mol. The maximum atomic E-state index is 12.6. The standard InChI is InChI=1S/C19H26N4O2/c1-15-12-22(14-19(2,3)25-15)18(24)20-11-16-7-4-5-8-17(16)13-23-10-6-9-21-23/h4-10,15H,11-14H2,1-3H3,(H,20,24)/t15-/m1/s1. The SMILES string of the molecule is C[C@@H]1CN(C(=O)NCc2ccccc2Cn2cccn2)CC(C)(C)O1. The Hall–Kier alpha value is -2.34. The van der Waals surface area contributed by atoms with Crippen LogP contribution in [0.2, 0.25) is 0 Å². The quantitative estimate of drug-likeness (QED) is 0.929. The van der Waals surface area contributed by atoms with E-state index in [-0.39, 0.29) is 17.7 Å². The van der Waals surface area contributed by atoms with Crippen LogP contribution >= 0.6 is 0 Å². The lowest BCUT2D eigenvalue weighted by atomic mass is 10.1. The topological polar surface area (TPSA) is 59.4 Å². The van der Waals surface area contributed by atoms with Crippen molar-refractivity contribution in [3.8, 4) is 0 Å². The summed E-state index contributed by atoms with van der Waals surface area (Å²) in [6.45, 7) is 8.44. The minimum atomic E-state index is -0.312. The normalized spacial score (nSPS) is 19.6. The lowest BCUT2D eigenvalue weighted by Gasteiger charge is -2.41. The predicted octanol–water partition coefficient (Wildman–Crippen LogP) is 2.64. The molecule has 25 heavy (non-hydrogen) atoms. The molecule has 1 fully saturated rings. The van der Waals surface area contributed by atoms with E-state index >= 15 is 0 Å². The molecule has 0 unspecified atom stereocenters. The molecule has 134 valence electrons. The molecule has 3 rings (SSSR count). The summed E-state index contributed by atoms with van der Waals surface area (Å²) < 4.78 is 7.75. The molecule has 0 bridgehead atoms. The molecule has 2 heterocycles. The molecule has 1 aromatic heterocycles. The van der Waals surface area contributed by atoms with Gasteiger partial charge in [-0.05, 0) is 38.0 Å². The molecule has 1 atom stereocenters. The van der Waals surface area contributed by atoms with E-state index in [2.05, 4.69) is 16.5 Å². The first-order chi connectivity index (χ1) is 11.9. The predicted molar refractivity (Wildman–Crippen MR) is 96.2 cm³/mol. The fraction of sp³-hybridized carbons (Fsp3) is 0.474. The van der Waals surface area contributed by atoms with Crippen LogP contribution in [0.5, 0.6) is 0 Å². The number of nitrogens with zero attached hydrogens (tertiary/aromatic N) is 3. The number of morpholine rings is 1. The molecule has 1 saturated heterocycles. The van der Waals surface area contributed by atoms with Crippen LogP contribution in [-0.4, -0.2) is 45.5 Å². The van der Waals surface area contributed by atoms with Gasteiger partial charge in [-0.3, -0.25) is 4.68 Å². The number of hydrogen-bond acceptors (Lipinski definition) is 3. The second kappa shape index (κ2) is 7.27. The Labute approximate surface area is 148 Å². The monoisotopic (exact) mass is 342 g/mol. The molecule has 1 aliphatic rings. The van der Waals surface area contributed by atoms with Crippen molar-refractivity contribution < 1.29 is 9.53 Å². The second-order valence-electron chi connectivity index (χ2n) is 7.20. The van der Waals surface area contributed by atoms with Gasteiger partial charge in [0, 0.05) is 25.5 Å². The van der Waals surface area contributed by atoms with E-state index in [1.54, 1.807) is 6.20 Å². The highest BCUT2D eigenvalue weighted by Gasteiger charge is 2.33. The summed E-state index contributed by atoms with van der Waals surface area (Å²) in [6, 6.07) is 9.99. The lowest BCUT2D eigenvalue weighted by molar-refractivity contribution is -0.117. The van der Waals surface area contributed by atoms with Crippen LogP contribution in [0.4, 0.5) is 4.79 Å². The van der Waals surface area contributed by atoms with E-state index < -0.39 is 0 Å². The highest BCUT2D eigenvalue weighted by molar-refractivity contribution is 5.74. The summed E-state index contributed by atoms with van der Waals surface area (Å²) in [5.41, 5.74) is 1.95. The lowest BCUT2D eigenvalue weighted by Crippen LogP contribution is -2.56. The van der Waals surface area contributed by atoms with Crippen molar-refractivity contribution >= 4 is 6.03 Å². The summed E-state index contributed by atoms with van der Waals surface area (Å²) >= 11 is 0. The molecule has 2 amide bonds. The average Bonchev–Trinajstić information content (AvgIpc) is 3.05. The van der Waals surface area contributed by atoms with E-state index in [0.717, 1.165) is 11.1 Å². The van der Waals surface area contributed by atoms with E-state index in [1.807, 2.05) is 60.8 Å². The number of urea groups is 1. The van der Waals surface area contributed by atoms with Gasteiger partial charge >= 0.3 is 6.03 Å². The maximum Gasteiger partial charge on any atom is 0.317 e. The molecule has 0 saturated carbocycles. The van der Waals surface area contributed by atoms with Gasteiger partial charge in [-0.1, -0.05) is 24.3 Å². The van der Waals surface area contributed by atoms with Gasteiger partial charge in [0.1, 0.15) is 0 Å². The van der Waals surface area contributed by atoms with Gasteiger partial charge in [0.05, 0.1) is 24.8 Å². The molecule has 1 N–H and O–H groups in total.